The van der Waals surface area contributed by atoms with E-state index >= 15 is 0 Å². The lowest BCUT2D eigenvalue weighted by molar-refractivity contribution is 0.313. The van der Waals surface area contributed by atoms with Crippen molar-refractivity contribution in [1.82, 2.24) is 5.32 Å². The summed E-state index contributed by atoms with van der Waals surface area (Å²) >= 11 is 3.50. The Labute approximate surface area is 113 Å². The van der Waals surface area contributed by atoms with Gasteiger partial charge < -0.3 is 10.1 Å². The molecule has 1 N–H and O–H groups in total. The van der Waals surface area contributed by atoms with Gasteiger partial charge in [0.1, 0.15) is 5.75 Å². The molecule has 0 heterocycles. The number of ether oxygens (including phenoxy) is 1. The summed E-state index contributed by atoms with van der Waals surface area (Å²) in [5.41, 5.74) is 1.23. The number of halogens is 1. The second-order valence-electron chi connectivity index (χ2n) is 4.13. The lowest BCUT2D eigenvalue weighted by Gasteiger charge is -2.12. The van der Waals surface area contributed by atoms with Crippen LogP contribution < -0.4 is 10.1 Å². The fourth-order valence-electron chi connectivity index (χ4n) is 1.56. The van der Waals surface area contributed by atoms with Crippen LogP contribution in [-0.4, -0.2) is 13.2 Å². The Kier molecular flexibility index (Phi) is 7.29. The van der Waals surface area contributed by atoms with Crippen LogP contribution in [0.4, 0.5) is 0 Å². The Bertz CT molecular complexity index is 328. The van der Waals surface area contributed by atoms with E-state index in [1.54, 1.807) is 0 Å². The molecule has 1 rings (SSSR count). The summed E-state index contributed by atoms with van der Waals surface area (Å²) in [7, 11) is 0. The van der Waals surface area contributed by atoms with Gasteiger partial charge in [0, 0.05) is 16.6 Å². The van der Waals surface area contributed by atoms with Crippen molar-refractivity contribution in [2.24, 2.45) is 0 Å². The van der Waals surface area contributed by atoms with E-state index in [-0.39, 0.29) is 0 Å². The van der Waals surface area contributed by atoms with E-state index in [1.165, 1.54) is 18.4 Å². The molecule has 96 valence electrons. The van der Waals surface area contributed by atoms with Crippen LogP contribution in [0.2, 0.25) is 0 Å². The minimum atomic E-state index is 0.781. The largest absolute Gasteiger partial charge is 0.493 e. The Balaban J connectivity index is 2.56. The third-order valence-corrected chi connectivity index (χ3v) is 3.00. The van der Waals surface area contributed by atoms with Gasteiger partial charge in [-0.25, -0.2) is 0 Å². The third kappa shape index (κ3) is 5.55. The maximum atomic E-state index is 5.74. The maximum absolute atomic E-state index is 5.74. The van der Waals surface area contributed by atoms with Gasteiger partial charge in [0.15, 0.2) is 0 Å². The first-order valence-electron chi connectivity index (χ1n) is 6.39. The fraction of sp³-hybridized carbons (Fsp3) is 0.571. The number of unbranched alkanes of at least 4 members (excludes halogenated alkanes) is 1. The van der Waals surface area contributed by atoms with Crippen LogP contribution >= 0.6 is 15.9 Å². The van der Waals surface area contributed by atoms with E-state index in [1.807, 2.05) is 12.1 Å². The topological polar surface area (TPSA) is 21.3 Å². The fourth-order valence-corrected chi connectivity index (χ4v) is 1.97. The second kappa shape index (κ2) is 8.54. The molecular formula is C14H22BrNO. The van der Waals surface area contributed by atoms with E-state index in [4.69, 9.17) is 4.74 Å². The van der Waals surface area contributed by atoms with Crippen molar-refractivity contribution < 1.29 is 4.74 Å². The first-order valence-corrected chi connectivity index (χ1v) is 7.19. The SMILES string of the molecule is CCCCNCc1cc(Br)ccc1OCCC. The van der Waals surface area contributed by atoms with Crippen molar-refractivity contribution in [3.63, 3.8) is 0 Å². The molecule has 2 nitrogen and oxygen atoms in total. The highest BCUT2D eigenvalue weighted by Gasteiger charge is 2.04. The Hall–Kier alpha value is -0.540. The van der Waals surface area contributed by atoms with Gasteiger partial charge in [-0.2, -0.15) is 0 Å². The lowest BCUT2D eigenvalue weighted by Crippen LogP contribution is -2.15. The Morgan fingerprint density at radius 3 is 2.76 bits per heavy atom. The molecule has 0 aromatic heterocycles. The number of rotatable bonds is 8. The molecule has 0 aliphatic rings. The average Bonchev–Trinajstić information content (AvgIpc) is 2.33. The van der Waals surface area contributed by atoms with Gasteiger partial charge in [0.05, 0.1) is 6.61 Å². The molecule has 1 aromatic rings. The van der Waals surface area contributed by atoms with Crippen molar-refractivity contribution in [2.45, 2.75) is 39.7 Å². The normalized spacial score (nSPS) is 10.5. The van der Waals surface area contributed by atoms with Gasteiger partial charge >= 0.3 is 0 Å². The smallest absolute Gasteiger partial charge is 0.123 e. The molecule has 0 saturated carbocycles. The number of hydrogen-bond donors (Lipinski definition) is 1. The molecule has 0 unspecified atom stereocenters. The summed E-state index contributed by atoms with van der Waals surface area (Å²) in [6, 6.07) is 6.20. The first kappa shape index (κ1) is 14.5. The highest BCUT2D eigenvalue weighted by molar-refractivity contribution is 9.10. The van der Waals surface area contributed by atoms with Crippen LogP contribution in [0.25, 0.3) is 0 Å². The van der Waals surface area contributed by atoms with Crippen molar-refractivity contribution >= 4 is 15.9 Å². The van der Waals surface area contributed by atoms with Gasteiger partial charge in [0.2, 0.25) is 0 Å². The highest BCUT2D eigenvalue weighted by atomic mass is 79.9. The molecule has 0 fully saturated rings. The molecule has 0 bridgehead atoms. The molecular weight excluding hydrogens is 278 g/mol. The maximum Gasteiger partial charge on any atom is 0.123 e. The van der Waals surface area contributed by atoms with Crippen LogP contribution in [0, 0.1) is 0 Å². The van der Waals surface area contributed by atoms with Gasteiger partial charge in [-0.05, 0) is 37.6 Å². The van der Waals surface area contributed by atoms with E-state index in [0.717, 1.165) is 36.3 Å². The first-order chi connectivity index (χ1) is 8.27. The molecule has 0 atom stereocenters. The predicted molar refractivity (Wildman–Crippen MR) is 76.5 cm³/mol. The minimum absolute atomic E-state index is 0.781. The molecule has 0 spiro atoms. The second-order valence-corrected chi connectivity index (χ2v) is 5.05. The van der Waals surface area contributed by atoms with Crippen molar-refractivity contribution in [2.75, 3.05) is 13.2 Å². The Morgan fingerprint density at radius 1 is 1.24 bits per heavy atom. The molecule has 0 saturated heterocycles. The minimum Gasteiger partial charge on any atom is -0.493 e. The van der Waals surface area contributed by atoms with Crippen LogP contribution in [-0.2, 0) is 6.54 Å². The van der Waals surface area contributed by atoms with E-state index in [0.29, 0.717) is 0 Å². The van der Waals surface area contributed by atoms with E-state index in [2.05, 4.69) is 41.2 Å². The zero-order valence-corrected chi connectivity index (χ0v) is 12.3. The van der Waals surface area contributed by atoms with E-state index < -0.39 is 0 Å². The van der Waals surface area contributed by atoms with Gasteiger partial charge in [0.25, 0.3) is 0 Å². The van der Waals surface area contributed by atoms with Crippen molar-refractivity contribution in [3.05, 3.63) is 28.2 Å². The van der Waals surface area contributed by atoms with Crippen LogP contribution in [0.3, 0.4) is 0 Å². The van der Waals surface area contributed by atoms with Crippen LogP contribution in [0.1, 0.15) is 38.7 Å². The van der Waals surface area contributed by atoms with Gasteiger partial charge in [-0.1, -0.05) is 36.2 Å². The van der Waals surface area contributed by atoms with Crippen molar-refractivity contribution in [1.29, 1.82) is 0 Å². The summed E-state index contributed by atoms with van der Waals surface area (Å²) < 4.78 is 6.84. The van der Waals surface area contributed by atoms with Crippen molar-refractivity contribution in [3.8, 4) is 5.75 Å². The average molecular weight is 300 g/mol. The zero-order chi connectivity index (χ0) is 12.5. The summed E-state index contributed by atoms with van der Waals surface area (Å²) in [5.74, 6) is 0.999. The number of hydrogen-bond acceptors (Lipinski definition) is 2. The summed E-state index contributed by atoms with van der Waals surface area (Å²) in [4.78, 5) is 0. The standard InChI is InChI=1S/C14H22BrNO/c1-3-5-8-16-11-12-10-13(15)6-7-14(12)17-9-4-2/h6-7,10,16H,3-5,8-9,11H2,1-2H3. The molecule has 0 radical (unpaired) electrons. The predicted octanol–water partition coefficient (Wildman–Crippen LogP) is 4.13. The van der Waals surface area contributed by atoms with Gasteiger partial charge in [-0.15, -0.1) is 0 Å². The molecule has 0 amide bonds. The molecule has 17 heavy (non-hydrogen) atoms. The molecule has 0 aliphatic carbocycles. The summed E-state index contributed by atoms with van der Waals surface area (Å²) in [6.07, 6.45) is 3.49. The quantitative estimate of drug-likeness (QED) is 0.729. The summed E-state index contributed by atoms with van der Waals surface area (Å²) in [5, 5.41) is 3.45. The monoisotopic (exact) mass is 299 g/mol. The Morgan fingerprint density at radius 2 is 2.06 bits per heavy atom. The number of nitrogens with one attached hydrogen (secondary N) is 1. The lowest BCUT2D eigenvalue weighted by atomic mass is 10.2. The molecule has 0 aliphatic heterocycles. The third-order valence-electron chi connectivity index (χ3n) is 2.51. The van der Waals surface area contributed by atoms with Crippen LogP contribution in [0.5, 0.6) is 5.75 Å². The molecule has 1 aromatic carbocycles. The van der Waals surface area contributed by atoms with E-state index in [9.17, 15) is 0 Å². The zero-order valence-electron chi connectivity index (χ0n) is 10.8. The summed E-state index contributed by atoms with van der Waals surface area (Å²) in [6.45, 7) is 7.05. The highest BCUT2D eigenvalue weighted by Crippen LogP contribution is 2.23. The van der Waals surface area contributed by atoms with Gasteiger partial charge in [-0.3, -0.25) is 0 Å². The number of benzene rings is 1. The molecule has 3 heteroatoms. The van der Waals surface area contributed by atoms with Crippen LogP contribution in [0.15, 0.2) is 22.7 Å².